The summed E-state index contributed by atoms with van der Waals surface area (Å²) in [5.41, 5.74) is 8.35. The monoisotopic (exact) mass is 204 g/mol. The summed E-state index contributed by atoms with van der Waals surface area (Å²) in [5.74, 6) is 1.06. The highest BCUT2D eigenvalue weighted by molar-refractivity contribution is 5.82. The zero-order chi connectivity index (χ0) is 11.3. The molecule has 0 radical (unpaired) electrons. The minimum atomic E-state index is 0.333. The van der Waals surface area contributed by atoms with Gasteiger partial charge >= 0.3 is 0 Å². The summed E-state index contributed by atoms with van der Waals surface area (Å²) in [5, 5.41) is 0. The summed E-state index contributed by atoms with van der Waals surface area (Å²) in [4.78, 5) is 4.34. The third-order valence-corrected chi connectivity index (χ3v) is 2.47. The zero-order valence-corrected chi connectivity index (χ0v) is 9.83. The highest BCUT2D eigenvalue weighted by Gasteiger charge is 1.98. The molecule has 0 aliphatic carbocycles. The van der Waals surface area contributed by atoms with Crippen molar-refractivity contribution >= 4 is 5.84 Å². The van der Waals surface area contributed by atoms with Crippen LogP contribution < -0.4 is 5.73 Å². The molecular weight excluding hydrogens is 184 g/mol. The lowest BCUT2D eigenvalue weighted by atomic mass is 10.1. The van der Waals surface area contributed by atoms with Crippen molar-refractivity contribution in [3.8, 4) is 0 Å². The number of rotatable bonds is 4. The second-order valence-corrected chi connectivity index (χ2v) is 4.07. The Morgan fingerprint density at radius 2 is 1.73 bits per heavy atom. The van der Waals surface area contributed by atoms with Crippen LogP contribution in [0.15, 0.2) is 29.3 Å². The fourth-order valence-electron chi connectivity index (χ4n) is 1.25. The first kappa shape index (κ1) is 11.8. The Hall–Kier alpha value is -1.31. The Labute approximate surface area is 92.2 Å². The quantitative estimate of drug-likeness (QED) is 0.594. The summed E-state index contributed by atoms with van der Waals surface area (Å²) < 4.78 is 0. The van der Waals surface area contributed by atoms with Gasteiger partial charge in [0.05, 0.1) is 12.4 Å². The normalized spacial score (nSPS) is 12.1. The molecule has 0 aromatic heterocycles. The van der Waals surface area contributed by atoms with E-state index in [9.17, 15) is 0 Å². The lowest BCUT2D eigenvalue weighted by Gasteiger charge is -2.04. The topological polar surface area (TPSA) is 38.4 Å². The number of aryl methyl sites for hydroxylation is 1. The summed E-state index contributed by atoms with van der Waals surface area (Å²) in [6, 6.07) is 8.54. The van der Waals surface area contributed by atoms with E-state index in [-0.39, 0.29) is 0 Å². The van der Waals surface area contributed by atoms with Crippen LogP contribution in [0.1, 0.15) is 31.9 Å². The van der Waals surface area contributed by atoms with Gasteiger partial charge < -0.3 is 5.73 Å². The first-order valence-electron chi connectivity index (χ1n) is 5.51. The van der Waals surface area contributed by atoms with Crippen molar-refractivity contribution in [3.63, 3.8) is 0 Å². The molecular formula is C13H20N2. The molecule has 1 rings (SSSR count). The summed E-state index contributed by atoms with van der Waals surface area (Å²) >= 11 is 0. The third kappa shape index (κ3) is 3.74. The second kappa shape index (κ2) is 5.54. The minimum Gasteiger partial charge on any atom is -0.387 e. The van der Waals surface area contributed by atoms with Gasteiger partial charge in [0.1, 0.15) is 0 Å². The largest absolute Gasteiger partial charge is 0.387 e. The van der Waals surface area contributed by atoms with Gasteiger partial charge in [-0.2, -0.15) is 0 Å². The number of nitrogens with two attached hydrogens (primary N) is 1. The van der Waals surface area contributed by atoms with Crippen LogP contribution in [0.3, 0.4) is 0 Å². The molecule has 0 amide bonds. The molecule has 1 aromatic rings. The van der Waals surface area contributed by atoms with Crippen molar-refractivity contribution in [2.75, 3.05) is 0 Å². The van der Waals surface area contributed by atoms with Crippen molar-refractivity contribution in [2.45, 2.75) is 33.7 Å². The number of hydrogen-bond acceptors (Lipinski definition) is 1. The Balaban J connectivity index is 2.62. The number of amidine groups is 1. The van der Waals surface area contributed by atoms with Gasteiger partial charge in [-0.15, -0.1) is 0 Å². The van der Waals surface area contributed by atoms with Crippen LogP contribution in [0.2, 0.25) is 0 Å². The number of aliphatic imine (C=N–C) groups is 1. The van der Waals surface area contributed by atoms with Crippen molar-refractivity contribution in [3.05, 3.63) is 35.4 Å². The molecule has 0 spiro atoms. The molecule has 82 valence electrons. The highest BCUT2D eigenvalue weighted by atomic mass is 14.9. The van der Waals surface area contributed by atoms with Crippen LogP contribution >= 0.6 is 0 Å². The van der Waals surface area contributed by atoms with E-state index in [4.69, 9.17) is 5.73 Å². The van der Waals surface area contributed by atoms with Crippen LogP contribution in [-0.4, -0.2) is 5.84 Å². The number of nitrogens with zero attached hydrogens (tertiary/aromatic N) is 1. The first-order valence-corrected chi connectivity index (χ1v) is 5.51. The zero-order valence-electron chi connectivity index (χ0n) is 9.83. The summed E-state index contributed by atoms with van der Waals surface area (Å²) in [6.45, 7) is 6.95. The summed E-state index contributed by atoms with van der Waals surface area (Å²) in [7, 11) is 0. The minimum absolute atomic E-state index is 0.333. The van der Waals surface area contributed by atoms with E-state index >= 15 is 0 Å². The van der Waals surface area contributed by atoms with Gasteiger partial charge in [-0.1, -0.05) is 45.0 Å². The second-order valence-electron chi connectivity index (χ2n) is 4.07. The van der Waals surface area contributed by atoms with E-state index in [0.29, 0.717) is 12.5 Å². The fraction of sp³-hybridized carbons (Fsp3) is 0.462. The van der Waals surface area contributed by atoms with Crippen LogP contribution in [0.25, 0.3) is 0 Å². The van der Waals surface area contributed by atoms with Crippen LogP contribution in [-0.2, 0) is 13.0 Å². The number of hydrogen-bond donors (Lipinski definition) is 1. The Kier molecular flexibility index (Phi) is 4.35. The van der Waals surface area contributed by atoms with E-state index in [1.807, 2.05) is 0 Å². The predicted octanol–water partition coefficient (Wildman–Crippen LogP) is 2.76. The van der Waals surface area contributed by atoms with Gasteiger partial charge in [-0.25, -0.2) is 0 Å². The molecule has 15 heavy (non-hydrogen) atoms. The molecule has 2 heteroatoms. The van der Waals surface area contributed by atoms with Gasteiger partial charge in [0.2, 0.25) is 0 Å². The van der Waals surface area contributed by atoms with Crippen molar-refractivity contribution in [1.29, 1.82) is 0 Å². The van der Waals surface area contributed by atoms with E-state index in [1.165, 1.54) is 11.1 Å². The Bertz CT molecular complexity index is 323. The molecule has 2 nitrogen and oxygen atoms in total. The van der Waals surface area contributed by atoms with Gasteiger partial charge in [-0.05, 0) is 17.5 Å². The Morgan fingerprint density at radius 1 is 1.20 bits per heavy atom. The van der Waals surface area contributed by atoms with Gasteiger partial charge in [-0.3, -0.25) is 4.99 Å². The maximum Gasteiger partial charge on any atom is 0.0966 e. The molecule has 0 atom stereocenters. The predicted molar refractivity (Wildman–Crippen MR) is 66.0 cm³/mol. The fourth-order valence-corrected chi connectivity index (χ4v) is 1.25. The molecule has 0 aliphatic heterocycles. The lowest BCUT2D eigenvalue weighted by Crippen LogP contribution is -2.18. The summed E-state index contributed by atoms with van der Waals surface area (Å²) in [6.07, 6.45) is 1.08. The molecule has 0 bridgehead atoms. The van der Waals surface area contributed by atoms with Gasteiger partial charge in [0.15, 0.2) is 0 Å². The molecule has 2 N–H and O–H groups in total. The van der Waals surface area contributed by atoms with E-state index in [2.05, 4.69) is 50.0 Å². The average Bonchev–Trinajstić information content (AvgIpc) is 2.26. The smallest absolute Gasteiger partial charge is 0.0966 e. The lowest BCUT2D eigenvalue weighted by molar-refractivity contribution is 0.854. The molecule has 0 aliphatic rings. The molecule has 1 aromatic carbocycles. The van der Waals surface area contributed by atoms with Crippen molar-refractivity contribution < 1.29 is 0 Å². The Morgan fingerprint density at radius 3 is 2.20 bits per heavy atom. The highest BCUT2D eigenvalue weighted by Crippen LogP contribution is 2.06. The number of benzene rings is 1. The molecule has 0 saturated carbocycles. The van der Waals surface area contributed by atoms with Crippen molar-refractivity contribution in [1.82, 2.24) is 0 Å². The van der Waals surface area contributed by atoms with E-state index in [1.54, 1.807) is 0 Å². The SMILES string of the molecule is CCc1ccc(CN=C(N)C(C)C)cc1. The van der Waals surface area contributed by atoms with Crippen LogP contribution in [0, 0.1) is 5.92 Å². The maximum atomic E-state index is 5.77. The molecule has 0 unspecified atom stereocenters. The van der Waals surface area contributed by atoms with Crippen LogP contribution in [0.5, 0.6) is 0 Å². The van der Waals surface area contributed by atoms with E-state index < -0.39 is 0 Å². The van der Waals surface area contributed by atoms with Gasteiger partial charge in [0, 0.05) is 5.92 Å². The maximum absolute atomic E-state index is 5.77. The van der Waals surface area contributed by atoms with Crippen molar-refractivity contribution in [2.24, 2.45) is 16.6 Å². The van der Waals surface area contributed by atoms with E-state index in [0.717, 1.165) is 12.3 Å². The van der Waals surface area contributed by atoms with Crippen LogP contribution in [0.4, 0.5) is 0 Å². The van der Waals surface area contributed by atoms with Gasteiger partial charge in [0.25, 0.3) is 0 Å². The molecule has 0 fully saturated rings. The first-order chi connectivity index (χ1) is 7.13. The molecule has 0 saturated heterocycles. The third-order valence-electron chi connectivity index (χ3n) is 2.47. The standard InChI is InChI=1S/C13H20N2/c1-4-11-5-7-12(8-6-11)9-15-13(14)10(2)3/h5-8,10H,4,9H2,1-3H3,(H2,14,15). The average molecular weight is 204 g/mol. The molecule has 0 heterocycles.